The molecular weight excluding hydrogens is 590 g/mol. The number of aliphatic imine (C=N–C) groups is 1. The van der Waals surface area contributed by atoms with Gasteiger partial charge in [-0.15, -0.1) is 0 Å². The largest absolute Gasteiger partial charge is 0.494 e. The summed E-state index contributed by atoms with van der Waals surface area (Å²) in [5, 5.41) is 4.79. The van der Waals surface area contributed by atoms with E-state index in [-0.39, 0.29) is 53.6 Å². The average molecular weight is 627 g/mol. The number of ether oxygens (including phenoxy) is 1. The van der Waals surface area contributed by atoms with Gasteiger partial charge in [0.1, 0.15) is 5.75 Å². The smallest absolute Gasteiger partial charge is 0.416 e. The molecule has 2 N–H and O–H groups in total. The topological polar surface area (TPSA) is 92.7 Å². The van der Waals surface area contributed by atoms with Crippen LogP contribution in [0, 0.1) is 5.41 Å². The number of aromatic nitrogens is 1. The Kier molecular flexibility index (Phi) is 10.5. The molecule has 13 heteroatoms. The lowest BCUT2D eigenvalue weighted by Crippen LogP contribution is -2.59. The molecule has 0 unspecified atom stereocenters. The van der Waals surface area contributed by atoms with Crippen molar-refractivity contribution in [3.05, 3.63) is 65.0 Å². The van der Waals surface area contributed by atoms with Crippen molar-refractivity contribution in [1.82, 2.24) is 15.6 Å². The number of alkyl halides is 6. The Bertz CT molecular complexity index is 1380. The number of carbonyl (C=O) groups excluding carboxylic acids is 2. The van der Waals surface area contributed by atoms with Crippen molar-refractivity contribution in [3.8, 4) is 5.75 Å². The Labute approximate surface area is 252 Å². The van der Waals surface area contributed by atoms with Crippen molar-refractivity contribution < 1.29 is 40.7 Å². The minimum atomic E-state index is -4.98. The van der Waals surface area contributed by atoms with Crippen LogP contribution in [0.25, 0.3) is 5.57 Å². The number of rotatable bonds is 11. The van der Waals surface area contributed by atoms with E-state index >= 15 is 0 Å². The third kappa shape index (κ3) is 8.17. The first-order valence-electron chi connectivity index (χ1n) is 14.0. The van der Waals surface area contributed by atoms with Gasteiger partial charge < -0.3 is 15.4 Å². The second kappa shape index (κ2) is 13.4. The maximum absolute atomic E-state index is 15.0. The van der Waals surface area contributed by atoms with Gasteiger partial charge in [-0.1, -0.05) is 32.0 Å². The van der Waals surface area contributed by atoms with Crippen LogP contribution in [0.1, 0.15) is 69.7 Å². The van der Waals surface area contributed by atoms with Crippen molar-refractivity contribution in [1.29, 1.82) is 0 Å². The summed E-state index contributed by atoms with van der Waals surface area (Å²) in [6, 6.07) is 7.96. The summed E-state index contributed by atoms with van der Waals surface area (Å²) in [5.41, 5.74) is -3.27. The molecule has 0 spiro atoms. The second-order valence-corrected chi connectivity index (χ2v) is 11.5. The number of halogens is 6. The zero-order valence-corrected chi connectivity index (χ0v) is 25.1. The highest BCUT2D eigenvalue weighted by Crippen LogP contribution is 2.48. The monoisotopic (exact) mass is 626 g/mol. The molecule has 2 heterocycles. The van der Waals surface area contributed by atoms with E-state index < -0.39 is 48.0 Å². The van der Waals surface area contributed by atoms with E-state index in [4.69, 9.17) is 4.74 Å². The molecule has 0 aliphatic carbocycles. The van der Waals surface area contributed by atoms with Gasteiger partial charge in [0.25, 0.3) is 0 Å². The van der Waals surface area contributed by atoms with Crippen molar-refractivity contribution in [3.63, 3.8) is 0 Å². The molecule has 0 bridgehead atoms. The summed E-state index contributed by atoms with van der Waals surface area (Å²) in [7, 11) is 1.50. The summed E-state index contributed by atoms with van der Waals surface area (Å²) in [5.74, 6) is -1.33. The number of nitrogens with zero attached hydrogens (tertiary/aromatic N) is 2. The predicted octanol–water partition coefficient (Wildman–Crippen LogP) is 6.50. The van der Waals surface area contributed by atoms with Crippen LogP contribution in [-0.2, 0) is 15.1 Å². The highest BCUT2D eigenvalue weighted by molar-refractivity contribution is 6.05. The number of pyridine rings is 1. The van der Waals surface area contributed by atoms with Crippen LogP contribution in [-0.4, -0.2) is 55.6 Å². The molecule has 44 heavy (non-hydrogen) atoms. The van der Waals surface area contributed by atoms with Gasteiger partial charge in [-0.2, -0.15) is 26.3 Å². The Morgan fingerprint density at radius 1 is 1.11 bits per heavy atom. The molecular formula is C31H36F6N4O3. The molecule has 3 rings (SSSR count). The third-order valence-electron chi connectivity index (χ3n) is 7.34. The van der Waals surface area contributed by atoms with E-state index in [0.29, 0.717) is 0 Å². The van der Waals surface area contributed by atoms with E-state index in [1.165, 1.54) is 31.6 Å². The fraction of sp³-hybridized carbons (Fsp3) is 0.484. The predicted molar refractivity (Wildman–Crippen MR) is 154 cm³/mol. The number of hydrogen-bond acceptors (Lipinski definition) is 5. The molecule has 0 radical (unpaired) electrons. The number of hydrogen-bond donors (Lipinski definition) is 2. The van der Waals surface area contributed by atoms with Crippen molar-refractivity contribution in [2.24, 2.45) is 10.4 Å². The summed E-state index contributed by atoms with van der Waals surface area (Å²) >= 11 is 0. The van der Waals surface area contributed by atoms with E-state index in [0.717, 1.165) is 17.7 Å². The van der Waals surface area contributed by atoms with Crippen LogP contribution in [0.2, 0.25) is 0 Å². The molecule has 240 valence electrons. The first kappa shape index (κ1) is 34.6. The Hall–Kier alpha value is -3.90. The highest BCUT2D eigenvalue weighted by atomic mass is 19.4. The summed E-state index contributed by atoms with van der Waals surface area (Å²) < 4.78 is 87.4. The molecule has 2 aromatic rings. The highest BCUT2D eigenvalue weighted by Gasteiger charge is 2.59. The molecule has 1 aliphatic rings. The van der Waals surface area contributed by atoms with Crippen LogP contribution in [0.3, 0.4) is 0 Å². The maximum atomic E-state index is 15.0. The summed E-state index contributed by atoms with van der Waals surface area (Å²) in [6.07, 6.45) is -8.46. The summed E-state index contributed by atoms with van der Waals surface area (Å²) in [4.78, 5) is 34.6. The summed E-state index contributed by atoms with van der Waals surface area (Å²) in [6.45, 7) is 6.45. The van der Waals surface area contributed by atoms with E-state index in [1.807, 2.05) is 13.8 Å². The standard InChI is InChI=1S/C31H36F6N4O3/c1-19(2)20-7-12-25(39-16-20)23-15-29(31(35,36)37,21-8-10-22(11-9-21)44-14-6-13-30(32,33)34)41-26(42)24(23)17-40-27(43)28(3,4)18-38-5/h7-12,16,18-19H,6,13-15,17H2,1-5H3,(H,40,43)(H,41,42)/b38-18-/t29-/m0/s1. The molecule has 0 saturated carbocycles. The lowest BCUT2D eigenvalue weighted by atomic mass is 9.77. The fourth-order valence-electron chi connectivity index (χ4n) is 4.76. The minimum Gasteiger partial charge on any atom is -0.494 e. The number of carbonyl (C=O) groups is 2. The fourth-order valence-corrected chi connectivity index (χ4v) is 4.76. The van der Waals surface area contributed by atoms with E-state index in [9.17, 15) is 35.9 Å². The zero-order chi connectivity index (χ0) is 32.9. The van der Waals surface area contributed by atoms with Crippen LogP contribution in [0.5, 0.6) is 5.75 Å². The van der Waals surface area contributed by atoms with Crippen molar-refractivity contribution in [2.75, 3.05) is 20.2 Å². The second-order valence-electron chi connectivity index (χ2n) is 11.5. The van der Waals surface area contributed by atoms with Gasteiger partial charge in [-0.05, 0) is 61.1 Å². The molecule has 1 aliphatic heterocycles. The molecule has 2 amide bonds. The number of benzene rings is 1. The lowest BCUT2D eigenvalue weighted by molar-refractivity contribution is -0.201. The van der Waals surface area contributed by atoms with Gasteiger partial charge >= 0.3 is 12.4 Å². The van der Waals surface area contributed by atoms with Crippen molar-refractivity contribution in [2.45, 2.75) is 70.8 Å². The Morgan fingerprint density at radius 2 is 1.77 bits per heavy atom. The lowest BCUT2D eigenvalue weighted by Gasteiger charge is -2.41. The SMILES string of the molecule is C/N=C\C(C)(C)C(=O)NCC1=C(c2ccc(C(C)C)cn2)C[C@](c2ccc(OCCCC(F)(F)F)cc2)(C(F)(F)F)NC1=O. The number of nitrogens with one attached hydrogen (secondary N) is 2. The Morgan fingerprint density at radius 3 is 2.30 bits per heavy atom. The Balaban J connectivity index is 2.02. The molecule has 1 aromatic carbocycles. The maximum Gasteiger partial charge on any atom is 0.416 e. The van der Waals surface area contributed by atoms with Gasteiger partial charge in [0, 0.05) is 44.4 Å². The third-order valence-corrected chi connectivity index (χ3v) is 7.34. The first-order chi connectivity index (χ1) is 20.4. The quantitative estimate of drug-likeness (QED) is 0.169. The van der Waals surface area contributed by atoms with Crippen LogP contribution in [0.4, 0.5) is 26.3 Å². The van der Waals surface area contributed by atoms with Crippen molar-refractivity contribution >= 4 is 23.6 Å². The molecule has 1 atom stereocenters. The van der Waals surface area contributed by atoms with Crippen LogP contribution < -0.4 is 15.4 Å². The van der Waals surface area contributed by atoms with Gasteiger partial charge in [-0.3, -0.25) is 19.6 Å². The first-order valence-corrected chi connectivity index (χ1v) is 14.0. The normalized spacial score (nSPS) is 18.1. The van der Waals surface area contributed by atoms with Crippen LogP contribution in [0.15, 0.2) is 53.2 Å². The molecule has 7 nitrogen and oxygen atoms in total. The minimum absolute atomic E-state index is 0.0103. The number of amides is 2. The van der Waals surface area contributed by atoms with E-state index in [1.54, 1.807) is 26.0 Å². The molecule has 0 fully saturated rings. The molecule has 1 aromatic heterocycles. The van der Waals surface area contributed by atoms with Gasteiger partial charge in [0.2, 0.25) is 11.8 Å². The van der Waals surface area contributed by atoms with Gasteiger partial charge in [0.05, 0.1) is 17.7 Å². The van der Waals surface area contributed by atoms with Crippen LogP contribution >= 0.6 is 0 Å². The average Bonchev–Trinajstić information content (AvgIpc) is 2.93. The molecule has 0 saturated heterocycles. The zero-order valence-electron chi connectivity index (χ0n) is 25.1. The van der Waals surface area contributed by atoms with Gasteiger partial charge in [-0.25, -0.2) is 0 Å². The van der Waals surface area contributed by atoms with E-state index in [2.05, 4.69) is 20.6 Å². The van der Waals surface area contributed by atoms with Gasteiger partial charge in [0.15, 0.2) is 5.54 Å².